The van der Waals surface area contributed by atoms with Crippen LogP contribution in [0.5, 0.6) is 0 Å². The number of benzene rings is 1. The molecule has 1 aromatic rings. The molecule has 0 saturated heterocycles. The second-order valence-electron chi connectivity index (χ2n) is 2.49. The fourth-order valence-electron chi connectivity index (χ4n) is 0.956. The first-order valence-electron chi connectivity index (χ1n) is 3.47. The van der Waals surface area contributed by atoms with Gasteiger partial charge in [0.2, 0.25) is 0 Å². The third-order valence-electron chi connectivity index (χ3n) is 1.63. The van der Waals surface area contributed by atoms with E-state index in [0.717, 1.165) is 9.13 Å². The van der Waals surface area contributed by atoms with Crippen LogP contribution in [0.15, 0.2) is 12.1 Å². The van der Waals surface area contributed by atoms with E-state index in [9.17, 15) is 0 Å². The molecule has 0 aliphatic rings. The summed E-state index contributed by atoms with van der Waals surface area (Å²) in [7, 11) is 0. The topological polar surface area (TPSA) is 23.8 Å². The molecule has 1 rings (SSSR count). The average molecular weight is 292 g/mol. The monoisotopic (exact) mass is 291 g/mol. The highest BCUT2D eigenvalue weighted by molar-refractivity contribution is 14.1. The van der Waals surface area contributed by atoms with E-state index in [4.69, 9.17) is 16.9 Å². The Balaban J connectivity index is 3.25. The minimum absolute atomic E-state index is 0.388. The largest absolute Gasteiger partial charge is 0.198 e. The van der Waals surface area contributed by atoms with Gasteiger partial charge in [-0.05, 0) is 46.7 Å². The first kappa shape index (κ1) is 9.82. The second kappa shape index (κ2) is 4.11. The van der Waals surface area contributed by atoms with Crippen LogP contribution in [0, 0.1) is 21.8 Å². The number of hydrogen-bond donors (Lipinski definition) is 0. The van der Waals surface area contributed by atoms with Crippen molar-refractivity contribution >= 4 is 34.2 Å². The van der Waals surface area contributed by atoms with E-state index in [1.54, 1.807) is 0 Å². The molecule has 1 aromatic carbocycles. The van der Waals surface area contributed by atoms with E-state index in [1.807, 2.05) is 19.1 Å². The van der Waals surface area contributed by atoms with Crippen molar-refractivity contribution < 1.29 is 0 Å². The van der Waals surface area contributed by atoms with E-state index in [1.165, 1.54) is 5.56 Å². The number of rotatable bonds is 1. The molecule has 1 nitrogen and oxygen atoms in total. The van der Waals surface area contributed by atoms with Gasteiger partial charge in [-0.25, -0.2) is 0 Å². The standard InChI is InChI=1S/C9H7ClIN/c1-6-2-3-8(10)7(4-5-12)9(6)11/h2-3H,4H2,1H3. The smallest absolute Gasteiger partial charge is 0.0670 e. The maximum absolute atomic E-state index is 8.55. The number of nitrogens with zero attached hydrogens (tertiary/aromatic N) is 1. The molecular formula is C9H7ClIN. The molecule has 0 spiro atoms. The Kier molecular flexibility index (Phi) is 3.36. The van der Waals surface area contributed by atoms with Gasteiger partial charge in [0.1, 0.15) is 0 Å². The molecule has 0 bridgehead atoms. The summed E-state index contributed by atoms with van der Waals surface area (Å²) in [5, 5.41) is 9.23. The quantitative estimate of drug-likeness (QED) is 0.728. The van der Waals surface area contributed by atoms with Gasteiger partial charge in [-0.1, -0.05) is 17.7 Å². The van der Waals surface area contributed by atoms with Crippen molar-refractivity contribution in [2.75, 3.05) is 0 Å². The lowest BCUT2D eigenvalue weighted by molar-refractivity contribution is 1.22. The van der Waals surface area contributed by atoms with Crippen LogP contribution in [-0.2, 0) is 6.42 Å². The molecule has 0 N–H and O–H groups in total. The Morgan fingerprint density at radius 2 is 2.25 bits per heavy atom. The van der Waals surface area contributed by atoms with Gasteiger partial charge >= 0.3 is 0 Å². The zero-order valence-corrected chi connectivity index (χ0v) is 9.48. The van der Waals surface area contributed by atoms with Crippen molar-refractivity contribution in [2.24, 2.45) is 0 Å². The van der Waals surface area contributed by atoms with Crippen molar-refractivity contribution in [3.8, 4) is 6.07 Å². The summed E-state index contributed by atoms with van der Waals surface area (Å²) in [6.07, 6.45) is 0.388. The minimum atomic E-state index is 0.388. The molecule has 0 aromatic heterocycles. The maximum atomic E-state index is 8.55. The molecular weight excluding hydrogens is 284 g/mol. The summed E-state index contributed by atoms with van der Waals surface area (Å²) in [4.78, 5) is 0. The highest BCUT2D eigenvalue weighted by atomic mass is 127. The molecule has 3 heteroatoms. The Hall–Kier alpha value is -0.270. The average Bonchev–Trinajstić information content (AvgIpc) is 2.06. The lowest BCUT2D eigenvalue weighted by Gasteiger charge is -2.05. The number of nitriles is 1. The van der Waals surface area contributed by atoms with Crippen molar-refractivity contribution in [1.29, 1.82) is 5.26 Å². The Labute approximate surface area is 90.5 Å². The van der Waals surface area contributed by atoms with Crippen LogP contribution >= 0.6 is 34.2 Å². The number of halogens is 2. The Morgan fingerprint density at radius 3 is 2.83 bits per heavy atom. The van der Waals surface area contributed by atoms with Crippen molar-refractivity contribution in [2.45, 2.75) is 13.3 Å². The van der Waals surface area contributed by atoms with Crippen LogP contribution < -0.4 is 0 Å². The van der Waals surface area contributed by atoms with Gasteiger partial charge in [0, 0.05) is 8.59 Å². The minimum Gasteiger partial charge on any atom is -0.198 e. The predicted molar refractivity (Wildman–Crippen MR) is 58.2 cm³/mol. The fraction of sp³-hybridized carbons (Fsp3) is 0.222. The second-order valence-corrected chi connectivity index (χ2v) is 3.98. The molecule has 0 aliphatic heterocycles. The summed E-state index contributed by atoms with van der Waals surface area (Å²) in [5.41, 5.74) is 2.12. The van der Waals surface area contributed by atoms with Gasteiger partial charge in [-0.3, -0.25) is 0 Å². The molecule has 0 saturated carbocycles. The van der Waals surface area contributed by atoms with E-state index < -0.39 is 0 Å². The summed E-state index contributed by atoms with van der Waals surface area (Å²) < 4.78 is 1.10. The highest BCUT2D eigenvalue weighted by Gasteiger charge is 2.06. The number of aryl methyl sites for hydroxylation is 1. The van der Waals surface area contributed by atoms with Crippen LogP contribution in [-0.4, -0.2) is 0 Å². The van der Waals surface area contributed by atoms with E-state index in [-0.39, 0.29) is 0 Å². The van der Waals surface area contributed by atoms with E-state index >= 15 is 0 Å². The van der Waals surface area contributed by atoms with Gasteiger partial charge < -0.3 is 0 Å². The van der Waals surface area contributed by atoms with E-state index in [0.29, 0.717) is 11.4 Å². The molecule has 0 aliphatic carbocycles. The third-order valence-corrected chi connectivity index (χ3v) is 3.49. The summed E-state index contributed by atoms with van der Waals surface area (Å²) >= 11 is 8.14. The summed E-state index contributed by atoms with van der Waals surface area (Å²) in [5.74, 6) is 0. The predicted octanol–water partition coefficient (Wildman–Crippen LogP) is 3.32. The van der Waals surface area contributed by atoms with Crippen LogP contribution in [0.25, 0.3) is 0 Å². The van der Waals surface area contributed by atoms with Gasteiger partial charge in [0.05, 0.1) is 12.5 Å². The van der Waals surface area contributed by atoms with Crippen molar-refractivity contribution in [3.63, 3.8) is 0 Å². The SMILES string of the molecule is Cc1ccc(Cl)c(CC#N)c1I. The van der Waals surface area contributed by atoms with Crippen LogP contribution in [0.4, 0.5) is 0 Å². The van der Waals surface area contributed by atoms with E-state index in [2.05, 4.69) is 28.7 Å². The molecule has 0 radical (unpaired) electrons. The summed E-state index contributed by atoms with van der Waals surface area (Å²) in [6, 6.07) is 5.91. The Morgan fingerprint density at radius 1 is 1.58 bits per heavy atom. The third kappa shape index (κ3) is 1.90. The van der Waals surface area contributed by atoms with Crippen LogP contribution in [0.3, 0.4) is 0 Å². The lowest BCUT2D eigenvalue weighted by Crippen LogP contribution is -1.91. The van der Waals surface area contributed by atoms with Gasteiger partial charge in [0.15, 0.2) is 0 Å². The molecule has 0 heterocycles. The molecule has 12 heavy (non-hydrogen) atoms. The normalized spacial score (nSPS) is 9.50. The molecule has 0 amide bonds. The van der Waals surface area contributed by atoms with Gasteiger partial charge in [-0.15, -0.1) is 0 Å². The molecule has 0 fully saturated rings. The molecule has 0 unspecified atom stereocenters. The maximum Gasteiger partial charge on any atom is 0.0670 e. The van der Waals surface area contributed by atoms with Gasteiger partial charge in [-0.2, -0.15) is 5.26 Å². The van der Waals surface area contributed by atoms with Crippen molar-refractivity contribution in [1.82, 2.24) is 0 Å². The fourth-order valence-corrected chi connectivity index (χ4v) is 2.00. The highest BCUT2D eigenvalue weighted by Crippen LogP contribution is 2.24. The molecule has 62 valence electrons. The summed E-state index contributed by atoms with van der Waals surface area (Å²) in [6.45, 7) is 2.01. The molecule has 0 atom stereocenters. The zero-order valence-electron chi connectivity index (χ0n) is 6.56. The van der Waals surface area contributed by atoms with Crippen molar-refractivity contribution in [3.05, 3.63) is 31.9 Å². The first-order valence-corrected chi connectivity index (χ1v) is 4.93. The number of hydrogen-bond acceptors (Lipinski definition) is 1. The Bertz CT molecular complexity index is 341. The first-order chi connectivity index (χ1) is 5.66. The van der Waals surface area contributed by atoms with Crippen LogP contribution in [0.2, 0.25) is 5.02 Å². The zero-order chi connectivity index (χ0) is 9.14. The lowest BCUT2D eigenvalue weighted by atomic mass is 10.1. The van der Waals surface area contributed by atoms with Crippen LogP contribution in [0.1, 0.15) is 11.1 Å². The van der Waals surface area contributed by atoms with Gasteiger partial charge in [0.25, 0.3) is 0 Å².